The van der Waals surface area contributed by atoms with Crippen LogP contribution in [0, 0.1) is 17.3 Å². The molecular weight excluding hydrogens is 304 g/mol. The number of benzene rings is 1. The lowest BCUT2D eigenvalue weighted by atomic mass is 9.70. The minimum absolute atomic E-state index is 0.0303. The van der Waals surface area contributed by atoms with Crippen molar-refractivity contribution < 1.29 is 14.3 Å². The van der Waals surface area contributed by atoms with Gasteiger partial charge in [-0.3, -0.25) is 9.59 Å². The first-order chi connectivity index (χ1) is 11.2. The number of hydrogen-bond donors (Lipinski definition) is 2. The lowest BCUT2D eigenvalue weighted by Crippen LogP contribution is -2.47. The second-order valence-electron chi connectivity index (χ2n) is 6.90. The number of carbonyl (C=O) groups excluding carboxylic acids is 2. The highest BCUT2D eigenvalue weighted by atomic mass is 16.5. The third-order valence-electron chi connectivity index (χ3n) is 4.95. The van der Waals surface area contributed by atoms with Crippen molar-refractivity contribution in [3.05, 3.63) is 35.9 Å². The zero-order chi connectivity index (χ0) is 18.3. The second-order valence-corrected chi connectivity index (χ2v) is 6.90. The molecule has 134 valence electrons. The van der Waals surface area contributed by atoms with Crippen LogP contribution < -0.4 is 11.1 Å². The molecule has 0 radical (unpaired) electrons. The molecule has 1 amide bonds. The molecule has 1 aromatic carbocycles. The van der Waals surface area contributed by atoms with Gasteiger partial charge in [-0.25, -0.2) is 0 Å². The van der Waals surface area contributed by atoms with Crippen LogP contribution in [0.5, 0.6) is 0 Å². The monoisotopic (exact) mass is 334 g/mol. The molecular formula is C19H30N2O3. The summed E-state index contributed by atoms with van der Waals surface area (Å²) in [6, 6.07) is 9.35. The lowest BCUT2D eigenvalue weighted by Gasteiger charge is -2.36. The molecule has 0 fully saturated rings. The summed E-state index contributed by atoms with van der Waals surface area (Å²) in [7, 11) is 0. The number of nitrogens with one attached hydrogen (secondary N) is 1. The molecule has 1 unspecified atom stereocenters. The van der Waals surface area contributed by atoms with Gasteiger partial charge in [0.1, 0.15) is 6.10 Å². The average molecular weight is 334 g/mol. The summed E-state index contributed by atoms with van der Waals surface area (Å²) in [5, 5.41) is 2.96. The van der Waals surface area contributed by atoms with Gasteiger partial charge in [-0.1, -0.05) is 65.0 Å². The maximum atomic E-state index is 12.8. The van der Waals surface area contributed by atoms with Gasteiger partial charge in [0.15, 0.2) is 0 Å². The minimum Gasteiger partial charge on any atom is -0.455 e. The third-order valence-corrected chi connectivity index (χ3v) is 4.95. The van der Waals surface area contributed by atoms with Gasteiger partial charge in [0.05, 0.1) is 18.5 Å². The molecule has 3 N–H and O–H groups in total. The molecule has 0 aliphatic rings. The molecule has 0 saturated heterocycles. The standard InChI is InChI=1S/C19H30N2O3/c1-13(2)19(5,14(3)4)18(23)21-12-16(24-17(22)11-20)15-9-7-6-8-10-15/h6-10,13-14,16H,11-12,20H2,1-5H3,(H,21,23). The molecule has 0 bridgehead atoms. The second kappa shape index (κ2) is 8.83. The van der Waals surface area contributed by atoms with E-state index in [-0.39, 0.29) is 30.8 Å². The molecule has 0 spiro atoms. The Morgan fingerprint density at radius 2 is 1.67 bits per heavy atom. The number of nitrogens with two attached hydrogens (primary N) is 1. The zero-order valence-corrected chi connectivity index (χ0v) is 15.3. The Hall–Kier alpha value is -1.88. The van der Waals surface area contributed by atoms with Gasteiger partial charge < -0.3 is 15.8 Å². The highest BCUT2D eigenvalue weighted by molar-refractivity contribution is 5.82. The Kier molecular flexibility index (Phi) is 7.42. The predicted octanol–water partition coefficient (Wildman–Crippen LogP) is 2.66. The van der Waals surface area contributed by atoms with E-state index in [1.54, 1.807) is 0 Å². The molecule has 5 nitrogen and oxygen atoms in total. The predicted molar refractivity (Wildman–Crippen MR) is 95.1 cm³/mol. The lowest BCUT2D eigenvalue weighted by molar-refractivity contribution is -0.149. The van der Waals surface area contributed by atoms with Crippen LogP contribution >= 0.6 is 0 Å². The van der Waals surface area contributed by atoms with Crippen molar-refractivity contribution in [1.29, 1.82) is 0 Å². The van der Waals surface area contributed by atoms with E-state index < -0.39 is 17.5 Å². The summed E-state index contributed by atoms with van der Waals surface area (Å²) in [5.41, 5.74) is 5.68. The summed E-state index contributed by atoms with van der Waals surface area (Å²) in [5.74, 6) is -0.135. The number of ether oxygens (including phenoxy) is 1. The SMILES string of the molecule is CC(C)C(C)(C(=O)NCC(OC(=O)CN)c1ccccc1)C(C)C. The Labute approximate surface area is 145 Å². The Bertz CT molecular complexity index is 533. The number of hydrogen-bond acceptors (Lipinski definition) is 4. The van der Waals surface area contributed by atoms with Crippen LogP contribution in [-0.2, 0) is 14.3 Å². The number of rotatable bonds is 8. The van der Waals surface area contributed by atoms with Gasteiger partial charge in [-0.15, -0.1) is 0 Å². The van der Waals surface area contributed by atoms with E-state index in [0.29, 0.717) is 0 Å². The van der Waals surface area contributed by atoms with E-state index in [2.05, 4.69) is 5.32 Å². The molecule has 0 aromatic heterocycles. The van der Waals surface area contributed by atoms with Crippen LogP contribution in [0.3, 0.4) is 0 Å². The summed E-state index contributed by atoms with van der Waals surface area (Å²) >= 11 is 0. The molecule has 1 rings (SSSR count). The van der Waals surface area contributed by atoms with Crippen molar-refractivity contribution >= 4 is 11.9 Å². The topological polar surface area (TPSA) is 81.4 Å². The van der Waals surface area contributed by atoms with Crippen LogP contribution in [-0.4, -0.2) is 25.0 Å². The molecule has 0 heterocycles. The summed E-state index contributed by atoms with van der Waals surface area (Å²) in [6.45, 7) is 10.2. The maximum Gasteiger partial charge on any atom is 0.320 e. The smallest absolute Gasteiger partial charge is 0.320 e. The molecule has 24 heavy (non-hydrogen) atoms. The summed E-state index contributed by atoms with van der Waals surface area (Å²) in [4.78, 5) is 24.4. The van der Waals surface area contributed by atoms with E-state index in [1.165, 1.54) is 0 Å². The van der Waals surface area contributed by atoms with Crippen molar-refractivity contribution in [1.82, 2.24) is 5.32 Å². The van der Waals surface area contributed by atoms with Gasteiger partial charge >= 0.3 is 5.97 Å². The fraction of sp³-hybridized carbons (Fsp3) is 0.579. The first kappa shape index (κ1) is 20.2. The van der Waals surface area contributed by atoms with E-state index in [9.17, 15) is 9.59 Å². The number of carbonyl (C=O) groups is 2. The zero-order valence-electron chi connectivity index (χ0n) is 15.3. The van der Waals surface area contributed by atoms with Crippen LogP contribution in [0.25, 0.3) is 0 Å². The van der Waals surface area contributed by atoms with E-state index in [1.807, 2.05) is 65.0 Å². The van der Waals surface area contributed by atoms with E-state index >= 15 is 0 Å². The van der Waals surface area contributed by atoms with Crippen molar-refractivity contribution in [2.75, 3.05) is 13.1 Å². The normalized spacial score (nSPS) is 13.0. The van der Waals surface area contributed by atoms with Crippen molar-refractivity contribution in [2.24, 2.45) is 23.0 Å². The quantitative estimate of drug-likeness (QED) is 0.716. The fourth-order valence-corrected chi connectivity index (χ4v) is 2.67. The van der Waals surface area contributed by atoms with Crippen LogP contribution in [0.2, 0.25) is 0 Å². The van der Waals surface area contributed by atoms with Crippen LogP contribution in [0.1, 0.15) is 46.3 Å². The van der Waals surface area contributed by atoms with Gasteiger partial charge in [-0.2, -0.15) is 0 Å². The average Bonchev–Trinajstić information content (AvgIpc) is 2.57. The summed E-state index contributed by atoms with van der Waals surface area (Å²) < 4.78 is 5.39. The van der Waals surface area contributed by atoms with Gasteiger partial charge in [0, 0.05) is 0 Å². The highest BCUT2D eigenvalue weighted by Gasteiger charge is 2.39. The fourth-order valence-electron chi connectivity index (χ4n) is 2.67. The third kappa shape index (κ3) is 4.81. The number of esters is 1. The Morgan fingerprint density at radius 1 is 1.12 bits per heavy atom. The van der Waals surface area contributed by atoms with Crippen LogP contribution in [0.4, 0.5) is 0 Å². The van der Waals surface area contributed by atoms with Gasteiger partial charge in [0.25, 0.3) is 0 Å². The van der Waals surface area contributed by atoms with Gasteiger partial charge in [0.2, 0.25) is 5.91 Å². The van der Waals surface area contributed by atoms with E-state index in [0.717, 1.165) is 5.56 Å². The Morgan fingerprint density at radius 3 is 2.12 bits per heavy atom. The molecule has 1 aromatic rings. The van der Waals surface area contributed by atoms with Crippen molar-refractivity contribution in [2.45, 2.75) is 40.7 Å². The maximum absolute atomic E-state index is 12.8. The summed E-state index contributed by atoms with van der Waals surface area (Å²) in [6.07, 6.45) is -0.547. The largest absolute Gasteiger partial charge is 0.455 e. The Balaban J connectivity index is 2.88. The van der Waals surface area contributed by atoms with Crippen molar-refractivity contribution in [3.63, 3.8) is 0 Å². The highest BCUT2D eigenvalue weighted by Crippen LogP contribution is 2.35. The first-order valence-electron chi connectivity index (χ1n) is 8.46. The minimum atomic E-state index is -0.547. The molecule has 0 saturated carbocycles. The molecule has 0 aliphatic carbocycles. The first-order valence-corrected chi connectivity index (χ1v) is 8.46. The van der Waals surface area contributed by atoms with Gasteiger partial charge in [-0.05, 0) is 17.4 Å². The molecule has 1 atom stereocenters. The molecule has 5 heteroatoms. The molecule has 0 aliphatic heterocycles. The van der Waals surface area contributed by atoms with Crippen LogP contribution in [0.15, 0.2) is 30.3 Å². The van der Waals surface area contributed by atoms with E-state index in [4.69, 9.17) is 10.5 Å². The number of amides is 1. The van der Waals surface area contributed by atoms with Crippen molar-refractivity contribution in [3.8, 4) is 0 Å².